The Morgan fingerprint density at radius 2 is 2.04 bits per heavy atom. The Morgan fingerprint density at radius 1 is 1.25 bits per heavy atom. The second-order valence-corrected chi connectivity index (χ2v) is 4.34. The van der Waals surface area contributed by atoms with Gasteiger partial charge in [0.2, 0.25) is 5.76 Å². The van der Waals surface area contributed by atoms with Gasteiger partial charge in [0.25, 0.3) is 0 Å². The molecule has 2 aromatic rings. The van der Waals surface area contributed by atoms with Gasteiger partial charge in [0, 0.05) is 0 Å². The molecule has 9 heteroatoms. The number of nitrogens with two attached hydrogens (primary N) is 1. The molecular weight excluding hydrogens is 318 g/mol. The molecule has 0 aliphatic rings. The van der Waals surface area contributed by atoms with Crippen LogP contribution in [0.15, 0.2) is 46.1 Å². The average molecular weight is 331 g/mol. The summed E-state index contributed by atoms with van der Waals surface area (Å²) in [6.45, 7) is 0. The van der Waals surface area contributed by atoms with Crippen LogP contribution in [0.4, 0.5) is 0 Å². The van der Waals surface area contributed by atoms with E-state index < -0.39 is 17.8 Å². The van der Waals surface area contributed by atoms with Crippen LogP contribution < -0.4 is 20.6 Å². The first kappa shape index (κ1) is 16.7. The number of primary amides is 1. The third-order valence-electron chi connectivity index (χ3n) is 2.72. The van der Waals surface area contributed by atoms with Crippen LogP contribution >= 0.6 is 0 Å². The molecule has 1 aromatic carbocycles. The van der Waals surface area contributed by atoms with Gasteiger partial charge in [-0.1, -0.05) is 0 Å². The number of hydrogen-bond donors (Lipinski definition) is 2. The van der Waals surface area contributed by atoms with Crippen LogP contribution in [0.3, 0.4) is 0 Å². The maximum atomic E-state index is 11.8. The minimum absolute atomic E-state index is 0.0526. The maximum absolute atomic E-state index is 11.8. The standard InChI is InChI=1S/C15H13N3O6/c1-22-12-7-9(8-17-18-14(20)13(16)19)4-5-10(12)24-15(21)11-3-2-6-23-11/h2-8H,1H3,(H2,16,19)(H,18,20)/b17-8-. The number of amides is 2. The Kier molecular flexibility index (Phi) is 5.29. The van der Waals surface area contributed by atoms with Crippen LogP contribution in [0, 0.1) is 0 Å². The van der Waals surface area contributed by atoms with E-state index in [-0.39, 0.29) is 17.3 Å². The zero-order valence-corrected chi connectivity index (χ0v) is 12.5. The molecular formula is C15H13N3O6. The van der Waals surface area contributed by atoms with E-state index in [1.165, 1.54) is 37.8 Å². The van der Waals surface area contributed by atoms with Crippen LogP contribution in [-0.2, 0) is 9.59 Å². The molecule has 0 aliphatic carbocycles. The third kappa shape index (κ3) is 4.19. The van der Waals surface area contributed by atoms with Crippen molar-refractivity contribution in [3.63, 3.8) is 0 Å². The molecule has 1 heterocycles. The molecule has 0 atom stereocenters. The van der Waals surface area contributed by atoms with Gasteiger partial charge in [-0.15, -0.1) is 0 Å². The van der Waals surface area contributed by atoms with Crippen molar-refractivity contribution in [2.45, 2.75) is 0 Å². The van der Waals surface area contributed by atoms with E-state index in [1.807, 2.05) is 5.43 Å². The first-order chi connectivity index (χ1) is 11.5. The molecule has 9 nitrogen and oxygen atoms in total. The van der Waals surface area contributed by atoms with Crippen LogP contribution in [0.25, 0.3) is 0 Å². The van der Waals surface area contributed by atoms with Crippen molar-refractivity contribution in [1.82, 2.24) is 5.43 Å². The topological polar surface area (TPSA) is 133 Å². The molecule has 0 saturated carbocycles. The highest BCUT2D eigenvalue weighted by atomic mass is 16.6. The van der Waals surface area contributed by atoms with Crippen LogP contribution in [0.1, 0.15) is 16.1 Å². The summed E-state index contributed by atoms with van der Waals surface area (Å²) in [7, 11) is 1.40. The fraction of sp³-hybridized carbons (Fsp3) is 0.0667. The summed E-state index contributed by atoms with van der Waals surface area (Å²) in [5.41, 5.74) is 7.24. The molecule has 0 aliphatic heterocycles. The molecule has 0 fully saturated rings. The van der Waals surface area contributed by atoms with Crippen molar-refractivity contribution in [2.75, 3.05) is 7.11 Å². The minimum Gasteiger partial charge on any atom is -0.493 e. The molecule has 2 amide bonds. The van der Waals surface area contributed by atoms with Crippen LogP contribution in [-0.4, -0.2) is 31.1 Å². The Bertz CT molecular complexity index is 783. The molecule has 2 rings (SSSR count). The Morgan fingerprint density at radius 3 is 2.67 bits per heavy atom. The predicted molar refractivity (Wildman–Crippen MR) is 81.6 cm³/mol. The molecule has 0 spiro atoms. The number of esters is 1. The summed E-state index contributed by atoms with van der Waals surface area (Å²) < 4.78 is 15.3. The average Bonchev–Trinajstić information content (AvgIpc) is 3.10. The number of hydrogen-bond acceptors (Lipinski definition) is 7. The fourth-order valence-electron chi connectivity index (χ4n) is 1.61. The summed E-state index contributed by atoms with van der Waals surface area (Å²) >= 11 is 0. The first-order valence-corrected chi connectivity index (χ1v) is 6.58. The molecule has 0 saturated heterocycles. The number of carbonyl (C=O) groups excluding carboxylic acids is 3. The second-order valence-electron chi connectivity index (χ2n) is 4.34. The molecule has 0 unspecified atom stereocenters. The van der Waals surface area contributed by atoms with E-state index in [0.29, 0.717) is 5.56 Å². The number of hydrazone groups is 1. The number of ether oxygens (including phenoxy) is 2. The minimum atomic E-state index is -1.15. The van der Waals surface area contributed by atoms with Crippen molar-refractivity contribution < 1.29 is 28.3 Å². The number of rotatable bonds is 5. The van der Waals surface area contributed by atoms with Gasteiger partial charge >= 0.3 is 17.8 Å². The van der Waals surface area contributed by atoms with E-state index in [4.69, 9.17) is 19.6 Å². The van der Waals surface area contributed by atoms with Gasteiger partial charge in [-0.25, -0.2) is 10.2 Å². The zero-order chi connectivity index (χ0) is 17.5. The highest BCUT2D eigenvalue weighted by Gasteiger charge is 2.14. The number of benzene rings is 1. The molecule has 1 aromatic heterocycles. The summed E-state index contributed by atoms with van der Waals surface area (Å²) in [5.74, 6) is -2.37. The van der Waals surface area contributed by atoms with Crippen molar-refractivity contribution >= 4 is 24.0 Å². The van der Waals surface area contributed by atoms with E-state index in [1.54, 1.807) is 12.1 Å². The SMILES string of the molecule is COc1cc(/C=N\NC(=O)C(N)=O)ccc1OC(=O)c1ccco1. The molecule has 24 heavy (non-hydrogen) atoms. The quantitative estimate of drug-likeness (QED) is 0.268. The van der Waals surface area contributed by atoms with Gasteiger partial charge < -0.3 is 19.6 Å². The van der Waals surface area contributed by atoms with E-state index in [9.17, 15) is 14.4 Å². The van der Waals surface area contributed by atoms with E-state index in [2.05, 4.69) is 5.10 Å². The normalized spacial score (nSPS) is 10.4. The summed E-state index contributed by atoms with van der Waals surface area (Å²) in [5, 5.41) is 3.57. The predicted octanol–water partition coefficient (Wildman–Crippen LogP) is 0.443. The van der Waals surface area contributed by atoms with Crippen molar-refractivity contribution in [3.8, 4) is 11.5 Å². The third-order valence-corrected chi connectivity index (χ3v) is 2.72. The molecule has 3 N–H and O–H groups in total. The van der Waals surface area contributed by atoms with Crippen molar-refractivity contribution in [3.05, 3.63) is 47.9 Å². The highest BCUT2D eigenvalue weighted by molar-refractivity contribution is 6.34. The van der Waals surface area contributed by atoms with E-state index >= 15 is 0 Å². The van der Waals surface area contributed by atoms with E-state index in [0.717, 1.165) is 0 Å². The van der Waals surface area contributed by atoms with Crippen LogP contribution in [0.5, 0.6) is 11.5 Å². The smallest absolute Gasteiger partial charge is 0.379 e. The zero-order valence-electron chi connectivity index (χ0n) is 12.5. The summed E-state index contributed by atoms with van der Waals surface area (Å²) in [6.07, 6.45) is 2.62. The van der Waals surface area contributed by atoms with Crippen molar-refractivity contribution in [2.24, 2.45) is 10.8 Å². The first-order valence-electron chi connectivity index (χ1n) is 6.58. The highest BCUT2D eigenvalue weighted by Crippen LogP contribution is 2.28. The Hall–Kier alpha value is -3.62. The van der Waals surface area contributed by atoms with Gasteiger partial charge in [0.05, 0.1) is 19.6 Å². The lowest BCUT2D eigenvalue weighted by Crippen LogP contribution is -2.32. The number of nitrogens with zero attached hydrogens (tertiary/aromatic N) is 1. The number of carbonyl (C=O) groups is 3. The van der Waals surface area contributed by atoms with Gasteiger partial charge in [-0.2, -0.15) is 5.10 Å². The maximum Gasteiger partial charge on any atom is 0.379 e. The fourth-order valence-corrected chi connectivity index (χ4v) is 1.61. The van der Waals surface area contributed by atoms with Gasteiger partial charge in [-0.05, 0) is 35.9 Å². The molecule has 0 bridgehead atoms. The van der Waals surface area contributed by atoms with Crippen LogP contribution in [0.2, 0.25) is 0 Å². The number of methoxy groups -OCH3 is 1. The lowest BCUT2D eigenvalue weighted by molar-refractivity contribution is -0.137. The van der Waals surface area contributed by atoms with Gasteiger partial charge in [0.15, 0.2) is 11.5 Å². The number of furan rings is 1. The summed E-state index contributed by atoms with van der Waals surface area (Å²) in [4.78, 5) is 33.4. The lowest BCUT2D eigenvalue weighted by Gasteiger charge is -2.08. The monoisotopic (exact) mass is 331 g/mol. The lowest BCUT2D eigenvalue weighted by atomic mass is 10.2. The summed E-state index contributed by atoms with van der Waals surface area (Å²) in [6, 6.07) is 7.60. The Labute approximate surface area is 136 Å². The second kappa shape index (κ2) is 7.58. The largest absolute Gasteiger partial charge is 0.493 e. The van der Waals surface area contributed by atoms with Crippen molar-refractivity contribution in [1.29, 1.82) is 0 Å². The molecule has 0 radical (unpaired) electrons. The molecule has 124 valence electrons. The van der Waals surface area contributed by atoms with Gasteiger partial charge in [-0.3, -0.25) is 9.59 Å². The van der Waals surface area contributed by atoms with Gasteiger partial charge in [0.1, 0.15) is 0 Å². The number of nitrogens with one attached hydrogen (secondary N) is 1. The Balaban J connectivity index is 2.10.